The van der Waals surface area contributed by atoms with Gasteiger partial charge in [0, 0.05) is 58.6 Å². The molecule has 1 N–H and O–H groups in total. The topological polar surface area (TPSA) is 60.9 Å². The summed E-state index contributed by atoms with van der Waals surface area (Å²) >= 11 is 0. The fourth-order valence-electron chi connectivity index (χ4n) is 4.26. The van der Waals surface area contributed by atoms with E-state index in [0.29, 0.717) is 25.3 Å². The Balaban J connectivity index is 1.39. The molecular formula is C24H33N5O2. The number of morpholine rings is 1. The van der Waals surface area contributed by atoms with Gasteiger partial charge >= 0.3 is 0 Å². The number of ether oxygens (including phenoxy) is 1. The predicted octanol–water partition coefficient (Wildman–Crippen LogP) is 1.99. The molecule has 166 valence electrons. The highest BCUT2D eigenvalue weighted by atomic mass is 16.5. The smallest absolute Gasteiger partial charge is 0.255 e. The molecule has 0 spiro atoms. The Labute approximate surface area is 185 Å². The fourth-order valence-corrected chi connectivity index (χ4v) is 4.26. The minimum absolute atomic E-state index is 0.0824. The van der Waals surface area contributed by atoms with Crippen molar-refractivity contribution >= 4 is 11.7 Å². The number of anilines is 1. The largest absolute Gasteiger partial charge is 0.378 e. The number of likely N-dealkylation sites (N-methyl/N-ethyl adjacent to an activating group) is 1. The van der Waals surface area contributed by atoms with Gasteiger partial charge in [-0.2, -0.15) is 0 Å². The van der Waals surface area contributed by atoms with Crippen molar-refractivity contribution < 1.29 is 9.53 Å². The van der Waals surface area contributed by atoms with E-state index in [4.69, 9.17) is 4.74 Å². The van der Waals surface area contributed by atoms with E-state index in [9.17, 15) is 4.79 Å². The summed E-state index contributed by atoms with van der Waals surface area (Å²) in [7, 11) is 0. The Morgan fingerprint density at radius 1 is 0.968 bits per heavy atom. The highest BCUT2D eigenvalue weighted by Crippen LogP contribution is 2.19. The molecule has 0 unspecified atom stereocenters. The highest BCUT2D eigenvalue weighted by molar-refractivity contribution is 5.98. The van der Waals surface area contributed by atoms with Crippen LogP contribution in [0.3, 0.4) is 0 Å². The molecule has 0 atom stereocenters. The van der Waals surface area contributed by atoms with Gasteiger partial charge in [0.25, 0.3) is 5.91 Å². The van der Waals surface area contributed by atoms with Crippen LogP contribution in [0.5, 0.6) is 0 Å². The van der Waals surface area contributed by atoms with E-state index in [2.05, 4.69) is 50.1 Å². The van der Waals surface area contributed by atoms with E-state index in [-0.39, 0.29) is 5.91 Å². The first-order valence-electron chi connectivity index (χ1n) is 11.3. The van der Waals surface area contributed by atoms with Crippen LogP contribution in [-0.2, 0) is 17.8 Å². The Bertz CT molecular complexity index is 861. The summed E-state index contributed by atoms with van der Waals surface area (Å²) in [6, 6.07) is 12.1. The second-order valence-electron chi connectivity index (χ2n) is 8.14. The minimum atomic E-state index is -0.0824. The molecule has 2 saturated heterocycles. The maximum atomic E-state index is 13.0. The molecule has 1 amide bonds. The maximum absolute atomic E-state index is 13.0. The monoisotopic (exact) mass is 423 g/mol. The van der Waals surface area contributed by atoms with Gasteiger partial charge in [0.15, 0.2) is 0 Å². The molecule has 2 fully saturated rings. The number of nitrogens with one attached hydrogen (secondary N) is 1. The molecule has 4 rings (SSSR count). The summed E-state index contributed by atoms with van der Waals surface area (Å²) in [5, 5.41) is 3.12. The van der Waals surface area contributed by atoms with Crippen molar-refractivity contribution in [2.75, 3.05) is 63.9 Å². The van der Waals surface area contributed by atoms with E-state index in [1.54, 1.807) is 6.20 Å². The van der Waals surface area contributed by atoms with Crippen LogP contribution in [0.25, 0.3) is 0 Å². The zero-order valence-corrected chi connectivity index (χ0v) is 18.4. The van der Waals surface area contributed by atoms with Crippen molar-refractivity contribution in [3.05, 3.63) is 59.3 Å². The SMILES string of the molecule is CCN1CCN(Cc2ccccc2CNC(=O)c2cccnc2N2CCOCC2)CC1. The van der Waals surface area contributed by atoms with Gasteiger partial charge in [-0.15, -0.1) is 0 Å². The third kappa shape index (κ3) is 5.61. The van der Waals surface area contributed by atoms with Crippen LogP contribution in [0.15, 0.2) is 42.6 Å². The van der Waals surface area contributed by atoms with E-state index in [0.717, 1.165) is 58.2 Å². The van der Waals surface area contributed by atoms with Gasteiger partial charge in [-0.3, -0.25) is 9.69 Å². The van der Waals surface area contributed by atoms with E-state index < -0.39 is 0 Å². The molecule has 31 heavy (non-hydrogen) atoms. The van der Waals surface area contributed by atoms with Crippen molar-refractivity contribution in [1.82, 2.24) is 20.1 Å². The van der Waals surface area contributed by atoms with Crippen LogP contribution in [0, 0.1) is 0 Å². The molecule has 1 aromatic heterocycles. The third-order valence-corrected chi connectivity index (χ3v) is 6.21. The van der Waals surface area contributed by atoms with Gasteiger partial charge in [-0.1, -0.05) is 31.2 Å². The van der Waals surface area contributed by atoms with Crippen LogP contribution in [0.2, 0.25) is 0 Å². The van der Waals surface area contributed by atoms with E-state index >= 15 is 0 Å². The Hall–Kier alpha value is -2.48. The molecule has 0 radical (unpaired) electrons. The van der Waals surface area contributed by atoms with Crippen LogP contribution >= 0.6 is 0 Å². The number of carbonyl (C=O) groups excluding carboxylic acids is 1. The maximum Gasteiger partial charge on any atom is 0.255 e. The number of aromatic nitrogens is 1. The number of amides is 1. The van der Waals surface area contributed by atoms with Crippen molar-refractivity contribution in [3.63, 3.8) is 0 Å². The number of piperazine rings is 1. The van der Waals surface area contributed by atoms with Gasteiger partial charge < -0.3 is 19.9 Å². The summed E-state index contributed by atoms with van der Waals surface area (Å²) < 4.78 is 5.44. The van der Waals surface area contributed by atoms with Crippen molar-refractivity contribution in [2.24, 2.45) is 0 Å². The molecule has 7 heteroatoms. The Kier molecular flexibility index (Phi) is 7.51. The molecule has 2 aliphatic heterocycles. The van der Waals surface area contributed by atoms with Gasteiger partial charge in [-0.25, -0.2) is 4.98 Å². The zero-order valence-electron chi connectivity index (χ0n) is 18.4. The lowest BCUT2D eigenvalue weighted by Crippen LogP contribution is -2.45. The Morgan fingerprint density at radius 2 is 1.68 bits per heavy atom. The quantitative estimate of drug-likeness (QED) is 0.735. The standard InChI is InChI=1S/C24H33N5O2/c1-2-27-10-12-28(13-11-27)19-21-7-4-3-6-20(21)18-26-24(30)22-8-5-9-25-23(22)29-14-16-31-17-15-29/h3-9H,2,10-19H2,1H3,(H,26,30). The van der Waals surface area contributed by atoms with Crippen LogP contribution in [0.1, 0.15) is 28.4 Å². The summed E-state index contributed by atoms with van der Waals surface area (Å²) in [6.45, 7) is 12.1. The third-order valence-electron chi connectivity index (χ3n) is 6.21. The van der Waals surface area contributed by atoms with Crippen molar-refractivity contribution in [2.45, 2.75) is 20.0 Å². The summed E-state index contributed by atoms with van der Waals surface area (Å²) in [5.74, 6) is 0.659. The summed E-state index contributed by atoms with van der Waals surface area (Å²) in [4.78, 5) is 24.6. The van der Waals surface area contributed by atoms with E-state index in [1.165, 1.54) is 11.1 Å². The molecule has 2 aliphatic rings. The number of benzene rings is 1. The normalized spacial score (nSPS) is 18.2. The lowest BCUT2D eigenvalue weighted by atomic mass is 10.1. The minimum Gasteiger partial charge on any atom is -0.378 e. The first-order valence-corrected chi connectivity index (χ1v) is 11.3. The van der Waals surface area contributed by atoms with Crippen LogP contribution < -0.4 is 10.2 Å². The van der Waals surface area contributed by atoms with Gasteiger partial charge in [0.05, 0.1) is 18.8 Å². The van der Waals surface area contributed by atoms with Crippen LogP contribution in [-0.4, -0.2) is 79.7 Å². The Morgan fingerprint density at radius 3 is 2.42 bits per heavy atom. The molecule has 7 nitrogen and oxygen atoms in total. The first-order chi connectivity index (χ1) is 15.2. The molecule has 0 bridgehead atoms. The highest BCUT2D eigenvalue weighted by Gasteiger charge is 2.20. The molecule has 0 aliphatic carbocycles. The average molecular weight is 424 g/mol. The van der Waals surface area contributed by atoms with Crippen molar-refractivity contribution in [3.8, 4) is 0 Å². The van der Waals surface area contributed by atoms with Gasteiger partial charge in [0.2, 0.25) is 0 Å². The lowest BCUT2D eigenvalue weighted by molar-refractivity contribution is 0.0948. The van der Waals surface area contributed by atoms with Gasteiger partial charge in [0.1, 0.15) is 5.82 Å². The number of nitrogens with zero attached hydrogens (tertiary/aromatic N) is 4. The number of hydrogen-bond donors (Lipinski definition) is 1. The van der Waals surface area contributed by atoms with E-state index in [1.807, 2.05) is 18.2 Å². The second kappa shape index (κ2) is 10.7. The number of hydrogen-bond acceptors (Lipinski definition) is 6. The number of rotatable bonds is 7. The second-order valence-corrected chi connectivity index (χ2v) is 8.14. The molecule has 2 aromatic rings. The molecule has 3 heterocycles. The van der Waals surface area contributed by atoms with Gasteiger partial charge in [-0.05, 0) is 29.8 Å². The first kappa shape index (κ1) is 21.7. The predicted molar refractivity (Wildman–Crippen MR) is 122 cm³/mol. The molecule has 0 saturated carbocycles. The lowest BCUT2D eigenvalue weighted by Gasteiger charge is -2.34. The zero-order chi connectivity index (χ0) is 21.5. The van der Waals surface area contributed by atoms with Crippen LogP contribution in [0.4, 0.5) is 5.82 Å². The number of carbonyl (C=O) groups is 1. The summed E-state index contributed by atoms with van der Waals surface area (Å²) in [6.07, 6.45) is 1.75. The summed E-state index contributed by atoms with van der Waals surface area (Å²) in [5.41, 5.74) is 3.08. The average Bonchev–Trinajstić information content (AvgIpc) is 2.84. The van der Waals surface area contributed by atoms with Crippen molar-refractivity contribution in [1.29, 1.82) is 0 Å². The number of pyridine rings is 1. The fraction of sp³-hybridized carbons (Fsp3) is 0.500. The molecule has 1 aromatic carbocycles. The molecular weight excluding hydrogens is 390 g/mol.